The molecule has 9 heteroatoms. The quantitative estimate of drug-likeness (QED) is 0.434. The third kappa shape index (κ3) is 5.40. The van der Waals surface area contributed by atoms with E-state index in [4.69, 9.17) is 16.7 Å². The number of nitrogens with one attached hydrogen (secondary N) is 1. The molecule has 1 aliphatic rings. The second kappa shape index (κ2) is 9.72. The molecular formula is C24H24ClN5O2S. The van der Waals surface area contributed by atoms with E-state index in [1.54, 1.807) is 17.4 Å². The average Bonchev–Trinajstić information content (AvgIpc) is 3.25. The van der Waals surface area contributed by atoms with Gasteiger partial charge in [0.1, 0.15) is 0 Å². The molecule has 1 aliphatic heterocycles. The van der Waals surface area contributed by atoms with Gasteiger partial charge in [0, 0.05) is 34.9 Å². The Bertz CT molecular complexity index is 1260. The molecule has 0 amide bonds. The van der Waals surface area contributed by atoms with E-state index >= 15 is 0 Å². The third-order valence-electron chi connectivity index (χ3n) is 5.07. The summed E-state index contributed by atoms with van der Waals surface area (Å²) in [6, 6.07) is 19.7. The van der Waals surface area contributed by atoms with E-state index in [-0.39, 0.29) is 22.8 Å². The van der Waals surface area contributed by atoms with Crippen LogP contribution in [0.2, 0.25) is 5.02 Å². The van der Waals surface area contributed by atoms with Crippen molar-refractivity contribution in [1.29, 1.82) is 0 Å². The van der Waals surface area contributed by atoms with Gasteiger partial charge in [-0.05, 0) is 55.8 Å². The molecule has 0 saturated heterocycles. The highest BCUT2D eigenvalue weighted by Crippen LogP contribution is 2.29. The van der Waals surface area contributed by atoms with Crippen LogP contribution >= 0.6 is 11.6 Å². The molecule has 0 spiro atoms. The zero-order valence-corrected chi connectivity index (χ0v) is 19.8. The minimum absolute atomic E-state index is 0.0560. The predicted octanol–water partition coefficient (Wildman–Crippen LogP) is 4.28. The predicted molar refractivity (Wildman–Crippen MR) is 131 cm³/mol. The van der Waals surface area contributed by atoms with Crippen LogP contribution < -0.4 is 5.32 Å². The second-order valence-corrected chi connectivity index (χ2v) is 9.95. The first-order chi connectivity index (χ1) is 15.8. The number of hydrazone groups is 1. The van der Waals surface area contributed by atoms with Crippen molar-refractivity contribution in [3.8, 4) is 0 Å². The Hall–Kier alpha value is -3.23. The summed E-state index contributed by atoms with van der Waals surface area (Å²) in [6.45, 7) is 4.28. The van der Waals surface area contributed by atoms with E-state index < -0.39 is 10.0 Å². The maximum atomic E-state index is 13.0. The zero-order valence-electron chi connectivity index (χ0n) is 18.3. The van der Waals surface area contributed by atoms with Crippen molar-refractivity contribution in [3.05, 3.63) is 95.3 Å². The Morgan fingerprint density at radius 2 is 1.73 bits per heavy atom. The van der Waals surface area contributed by atoms with E-state index in [2.05, 4.69) is 14.7 Å². The lowest BCUT2D eigenvalue weighted by atomic mass is 9.91. The molecule has 33 heavy (non-hydrogen) atoms. The maximum absolute atomic E-state index is 13.0. The third-order valence-corrected chi connectivity index (χ3v) is 6.61. The number of aromatic nitrogens is 1. The highest BCUT2D eigenvalue weighted by Gasteiger charge is 2.32. The number of sulfonamides is 1. The Morgan fingerprint density at radius 1 is 1.06 bits per heavy atom. The lowest BCUT2D eigenvalue weighted by Gasteiger charge is -2.21. The van der Waals surface area contributed by atoms with Gasteiger partial charge in [-0.2, -0.15) is 13.5 Å². The van der Waals surface area contributed by atoms with Crippen LogP contribution in [0.4, 0.5) is 0 Å². The monoisotopic (exact) mass is 481 g/mol. The SMILES string of the molecule is CC(C)NC(=NS(=O)(=O)c1ccc(Cl)cc1)N1CC(c2ccccc2)C(c2ccncc2)=N1. The Morgan fingerprint density at radius 3 is 2.36 bits per heavy atom. The molecule has 170 valence electrons. The summed E-state index contributed by atoms with van der Waals surface area (Å²) in [5, 5.41) is 10.0. The number of pyridine rings is 1. The highest BCUT2D eigenvalue weighted by atomic mass is 35.5. The minimum Gasteiger partial charge on any atom is -0.352 e. The molecule has 0 radical (unpaired) electrons. The van der Waals surface area contributed by atoms with Gasteiger partial charge >= 0.3 is 0 Å². The number of rotatable bonds is 5. The van der Waals surface area contributed by atoms with E-state index in [0.29, 0.717) is 11.6 Å². The Kier molecular flexibility index (Phi) is 6.76. The summed E-state index contributed by atoms with van der Waals surface area (Å²) in [5.74, 6) is 0.107. The van der Waals surface area contributed by atoms with Crippen molar-refractivity contribution < 1.29 is 8.42 Å². The topological polar surface area (TPSA) is 87.0 Å². The fraction of sp³-hybridized carbons (Fsp3) is 0.208. The zero-order chi connectivity index (χ0) is 23.4. The Balaban J connectivity index is 1.76. The van der Waals surface area contributed by atoms with Crippen molar-refractivity contribution in [1.82, 2.24) is 15.3 Å². The Labute approximate surface area is 198 Å². The van der Waals surface area contributed by atoms with Crippen molar-refractivity contribution in [2.24, 2.45) is 9.50 Å². The summed E-state index contributed by atoms with van der Waals surface area (Å²) in [4.78, 5) is 4.17. The fourth-order valence-electron chi connectivity index (χ4n) is 3.54. The van der Waals surface area contributed by atoms with Gasteiger partial charge in [-0.15, -0.1) is 4.40 Å². The summed E-state index contributed by atoms with van der Waals surface area (Å²) in [7, 11) is -3.98. The lowest BCUT2D eigenvalue weighted by molar-refractivity contribution is 0.448. The smallest absolute Gasteiger partial charge is 0.285 e. The van der Waals surface area contributed by atoms with Gasteiger partial charge in [-0.3, -0.25) is 4.98 Å². The molecule has 4 rings (SSSR count). The molecule has 2 aromatic carbocycles. The molecular weight excluding hydrogens is 458 g/mol. The van der Waals surface area contributed by atoms with E-state index in [1.807, 2.05) is 56.3 Å². The van der Waals surface area contributed by atoms with Gasteiger partial charge in [0.2, 0.25) is 5.96 Å². The first-order valence-corrected chi connectivity index (χ1v) is 12.3. The fourth-order valence-corrected chi connectivity index (χ4v) is 4.63. The molecule has 0 saturated carbocycles. The molecule has 1 aromatic heterocycles. The largest absolute Gasteiger partial charge is 0.352 e. The highest BCUT2D eigenvalue weighted by molar-refractivity contribution is 7.90. The minimum atomic E-state index is -3.98. The van der Waals surface area contributed by atoms with Gasteiger partial charge in [0.25, 0.3) is 10.0 Å². The van der Waals surface area contributed by atoms with Crippen molar-refractivity contribution >= 4 is 33.3 Å². The number of nitrogens with zero attached hydrogens (tertiary/aromatic N) is 4. The number of benzene rings is 2. The first kappa shape index (κ1) is 22.9. The number of guanidine groups is 1. The van der Waals surface area contributed by atoms with Crippen LogP contribution in [0.5, 0.6) is 0 Å². The van der Waals surface area contributed by atoms with Gasteiger partial charge in [-0.1, -0.05) is 41.9 Å². The molecule has 0 bridgehead atoms. The number of halogens is 1. The maximum Gasteiger partial charge on any atom is 0.285 e. The van der Waals surface area contributed by atoms with Gasteiger partial charge in [0.05, 0.1) is 17.2 Å². The molecule has 0 aliphatic carbocycles. The summed E-state index contributed by atoms with van der Waals surface area (Å²) in [5.41, 5.74) is 2.83. The van der Waals surface area contributed by atoms with Crippen LogP contribution in [-0.4, -0.2) is 42.7 Å². The molecule has 7 nitrogen and oxygen atoms in total. The van der Waals surface area contributed by atoms with E-state index in [0.717, 1.165) is 16.8 Å². The van der Waals surface area contributed by atoms with Crippen LogP contribution in [-0.2, 0) is 10.0 Å². The standard InChI is InChI=1S/C24H24ClN5O2S/c1-17(2)27-24(29-33(31,32)21-10-8-20(25)9-11-21)30-16-22(18-6-4-3-5-7-18)23(28-30)19-12-14-26-15-13-19/h3-15,17,22H,16H2,1-2H3,(H,27,29). The van der Waals surface area contributed by atoms with Crippen molar-refractivity contribution in [3.63, 3.8) is 0 Å². The van der Waals surface area contributed by atoms with E-state index in [9.17, 15) is 8.42 Å². The molecule has 1 atom stereocenters. The summed E-state index contributed by atoms with van der Waals surface area (Å²) < 4.78 is 30.2. The van der Waals surface area contributed by atoms with Gasteiger partial charge < -0.3 is 5.32 Å². The average molecular weight is 482 g/mol. The second-order valence-electron chi connectivity index (χ2n) is 7.91. The molecule has 1 unspecified atom stereocenters. The summed E-state index contributed by atoms with van der Waals surface area (Å²) in [6.07, 6.45) is 3.43. The lowest BCUT2D eigenvalue weighted by Crippen LogP contribution is -2.42. The summed E-state index contributed by atoms with van der Waals surface area (Å²) >= 11 is 5.92. The van der Waals surface area contributed by atoms with Crippen LogP contribution in [0.1, 0.15) is 30.9 Å². The molecule has 1 N–H and O–H groups in total. The molecule has 2 heterocycles. The first-order valence-electron chi connectivity index (χ1n) is 10.5. The number of hydrogen-bond acceptors (Lipinski definition) is 4. The normalized spacial score (nSPS) is 16.7. The van der Waals surface area contributed by atoms with Crippen LogP contribution in [0, 0.1) is 0 Å². The number of hydrogen-bond donors (Lipinski definition) is 1. The van der Waals surface area contributed by atoms with Crippen molar-refractivity contribution in [2.45, 2.75) is 30.7 Å². The van der Waals surface area contributed by atoms with Gasteiger partial charge in [0.15, 0.2) is 0 Å². The van der Waals surface area contributed by atoms with Crippen LogP contribution in [0.25, 0.3) is 0 Å². The van der Waals surface area contributed by atoms with E-state index in [1.165, 1.54) is 24.3 Å². The molecule has 0 fully saturated rings. The van der Waals surface area contributed by atoms with Crippen molar-refractivity contribution in [2.75, 3.05) is 6.54 Å². The van der Waals surface area contributed by atoms with Crippen LogP contribution in [0.3, 0.4) is 0 Å². The molecule has 3 aromatic rings. The van der Waals surface area contributed by atoms with Gasteiger partial charge in [-0.25, -0.2) is 5.01 Å². The van der Waals surface area contributed by atoms with Crippen LogP contribution in [0.15, 0.2) is 93.5 Å².